The summed E-state index contributed by atoms with van der Waals surface area (Å²) in [7, 11) is -5.19. The SMILES string of the molecule is C=C(Cc1ccc2c3ccccc3[s+](-c3ccc(OC)c(C(CC(=O)OC4(C)C5CC6CC7CC4C5(C6)C7)C(=O)OCC(=O)OC4(C)C5CC6CC(C5)CC4C6)c3)c2c1)C(=O)OCC(=O)OCC(F)(F)S(=O)(=O)O. The van der Waals surface area contributed by atoms with Crippen molar-refractivity contribution < 1.29 is 74.1 Å². The van der Waals surface area contributed by atoms with Gasteiger partial charge < -0.3 is 28.4 Å². The fourth-order valence-corrected chi connectivity index (χ4v) is 18.5. The van der Waals surface area contributed by atoms with Crippen LogP contribution in [0.4, 0.5) is 8.78 Å². The number of thiophene rings is 1. The molecule has 8 fully saturated rings. The van der Waals surface area contributed by atoms with E-state index in [-0.39, 0.29) is 47.5 Å². The maximum atomic E-state index is 14.7. The zero-order chi connectivity index (χ0) is 52.3. The fraction of sp³-hybridized carbons (Fsp3) is 0.554. The lowest BCUT2D eigenvalue weighted by atomic mass is 9.47. The van der Waals surface area contributed by atoms with Crippen molar-refractivity contribution in [3.63, 3.8) is 0 Å². The Morgan fingerprint density at radius 2 is 1.36 bits per heavy atom. The predicted molar refractivity (Wildman–Crippen MR) is 267 cm³/mol. The molecule has 1 aromatic heterocycles. The quantitative estimate of drug-likeness (QED) is 0.0325. The van der Waals surface area contributed by atoms with Crippen molar-refractivity contribution in [2.24, 2.45) is 52.8 Å². The molecule has 6 unspecified atom stereocenters. The van der Waals surface area contributed by atoms with Crippen LogP contribution in [0.15, 0.2) is 72.8 Å². The van der Waals surface area contributed by atoms with Crippen molar-refractivity contribution in [3.8, 4) is 10.6 Å². The monoisotopic (exact) mass is 1060 g/mol. The summed E-state index contributed by atoms with van der Waals surface area (Å²) in [6.45, 7) is 4.20. The van der Waals surface area contributed by atoms with Gasteiger partial charge in [0.1, 0.15) is 17.0 Å². The summed E-state index contributed by atoms with van der Waals surface area (Å²) in [4.78, 5) is 68.7. The molecular weight excluding hydrogens is 999 g/mol. The van der Waals surface area contributed by atoms with E-state index in [0.29, 0.717) is 40.5 Å². The molecule has 18 heteroatoms. The van der Waals surface area contributed by atoms with Crippen LogP contribution in [0.1, 0.15) is 102 Å². The lowest BCUT2D eigenvalue weighted by Gasteiger charge is -2.61. The first-order valence-electron chi connectivity index (χ1n) is 25.7. The van der Waals surface area contributed by atoms with Gasteiger partial charge in [-0.15, -0.1) is 0 Å². The number of halogens is 2. The molecule has 4 aromatic rings. The third-order valence-electron chi connectivity index (χ3n) is 18.6. The number of ether oxygens (including phenoxy) is 6. The summed E-state index contributed by atoms with van der Waals surface area (Å²) in [5.41, 5.74) is -0.111. The molecule has 0 aliphatic heterocycles. The highest BCUT2D eigenvalue weighted by atomic mass is 32.2. The lowest BCUT2D eigenvalue weighted by Crippen LogP contribution is -2.65. The largest absolute Gasteiger partial charge is 0.496 e. The molecule has 0 amide bonds. The number of methoxy groups -OCH3 is 1. The van der Waals surface area contributed by atoms with Crippen LogP contribution in [-0.2, 0) is 64.2 Å². The second kappa shape index (κ2) is 18.4. The Morgan fingerprint density at radius 3 is 2.03 bits per heavy atom. The summed E-state index contributed by atoms with van der Waals surface area (Å²) < 4.78 is 93.1. The van der Waals surface area contributed by atoms with Crippen molar-refractivity contribution in [2.75, 3.05) is 26.9 Å². The lowest BCUT2D eigenvalue weighted by molar-refractivity contribution is -0.239. The highest BCUT2D eigenvalue weighted by Crippen LogP contribution is 2.79. The molecular formula is C56H61F2O14S2+. The van der Waals surface area contributed by atoms with E-state index in [9.17, 15) is 41.2 Å². The van der Waals surface area contributed by atoms with Gasteiger partial charge in [-0.2, -0.15) is 17.2 Å². The van der Waals surface area contributed by atoms with Gasteiger partial charge >= 0.3 is 45.2 Å². The number of hydrogen-bond donors (Lipinski definition) is 1. The number of rotatable bonds is 18. The predicted octanol–water partition coefficient (Wildman–Crippen LogP) is 9.94. The molecule has 0 radical (unpaired) electrons. The minimum Gasteiger partial charge on any atom is -0.496 e. The smallest absolute Gasteiger partial charge is 0.402 e. The Morgan fingerprint density at radius 1 is 0.743 bits per heavy atom. The molecule has 1 heterocycles. The van der Waals surface area contributed by atoms with Gasteiger partial charge in [0.15, 0.2) is 34.1 Å². The normalized spacial score (nSPS) is 31.6. The molecule has 3 aromatic carbocycles. The van der Waals surface area contributed by atoms with E-state index in [2.05, 4.69) is 18.2 Å². The number of fused-ring (bicyclic) bond motifs is 5. The number of carbonyl (C=O) groups is 5. The first-order valence-corrected chi connectivity index (χ1v) is 28.4. The minimum absolute atomic E-state index is 0.0492. The molecule has 14 nitrogen and oxygen atoms in total. The first kappa shape index (κ1) is 50.7. The summed E-state index contributed by atoms with van der Waals surface area (Å²) in [5, 5.41) is -2.89. The highest BCUT2D eigenvalue weighted by molar-refractivity contribution is 7.86. The molecule has 8 aliphatic carbocycles. The Balaban J connectivity index is 0.864. The molecule has 8 saturated carbocycles. The molecule has 0 saturated heterocycles. The van der Waals surface area contributed by atoms with Gasteiger partial charge in [0.25, 0.3) is 0 Å². The van der Waals surface area contributed by atoms with E-state index in [0.717, 1.165) is 63.6 Å². The number of hydrogen-bond acceptors (Lipinski definition) is 13. The summed E-state index contributed by atoms with van der Waals surface area (Å²) >= 11 is 0. The second-order valence-corrected chi connectivity index (χ2v) is 26.3. The molecule has 12 rings (SSSR count). The summed E-state index contributed by atoms with van der Waals surface area (Å²) in [6, 6.07) is 19.0. The van der Waals surface area contributed by atoms with Gasteiger partial charge in [-0.3, -0.25) is 14.1 Å². The highest BCUT2D eigenvalue weighted by Gasteiger charge is 2.77. The van der Waals surface area contributed by atoms with Crippen molar-refractivity contribution in [3.05, 3.63) is 83.9 Å². The molecule has 7 bridgehead atoms. The molecule has 1 spiro atoms. The number of benzene rings is 3. The summed E-state index contributed by atoms with van der Waals surface area (Å²) in [6.07, 6.45) is 10.7. The van der Waals surface area contributed by atoms with Gasteiger partial charge in [-0.25, -0.2) is 14.4 Å². The fourth-order valence-electron chi connectivity index (χ4n) is 15.8. The van der Waals surface area contributed by atoms with Crippen LogP contribution in [0.2, 0.25) is 0 Å². The van der Waals surface area contributed by atoms with Crippen molar-refractivity contribution in [1.82, 2.24) is 0 Å². The topological polar surface area (TPSA) is 195 Å². The van der Waals surface area contributed by atoms with Crippen LogP contribution in [0.5, 0.6) is 5.75 Å². The Labute approximate surface area is 430 Å². The molecule has 1 N–H and O–H groups in total. The Bertz CT molecular complexity index is 3070. The first-order chi connectivity index (χ1) is 35.1. The standard InChI is InChI=1S/C56H60F2O14S2/c1-30(51(62)68-27-49(60)70-29-56(57,58)74(64,65)66)13-31-9-11-40-39-7-5-6-8-44(39)73(45(40)20-31)38-10-12-43(67-4)41(23-38)42(24-48(59)71-54(3)46-21-34-15-35-22-47(54)55(46,25-34)26-35)52(63)69-28-50(61)72-53(2)36-16-32-14-33(18-36)19-37(53)17-32/h5-12,20,23,32-37,42,46-47H,1,13-19,21-22,24-29H2,2-4H3/p+1. The van der Waals surface area contributed by atoms with Gasteiger partial charge in [-0.1, -0.05) is 24.8 Å². The zero-order valence-corrected chi connectivity index (χ0v) is 43.2. The van der Waals surface area contributed by atoms with Gasteiger partial charge in [0.05, 0.1) is 19.4 Å². The van der Waals surface area contributed by atoms with Crippen LogP contribution in [-0.4, -0.2) is 86.2 Å². The summed E-state index contributed by atoms with van der Waals surface area (Å²) in [5.74, 6) is -1.60. The number of esters is 5. The average Bonchev–Trinajstić information content (AvgIpc) is 3.93. The van der Waals surface area contributed by atoms with Crippen molar-refractivity contribution >= 4 is 70.6 Å². The van der Waals surface area contributed by atoms with Gasteiger partial charge in [-0.05, 0) is 149 Å². The van der Waals surface area contributed by atoms with Crippen LogP contribution in [0, 0.1) is 52.8 Å². The maximum absolute atomic E-state index is 14.7. The number of alkyl halides is 2. The van der Waals surface area contributed by atoms with E-state index in [1.165, 1.54) is 32.8 Å². The van der Waals surface area contributed by atoms with E-state index in [4.69, 9.17) is 28.2 Å². The van der Waals surface area contributed by atoms with E-state index in [1.54, 1.807) is 6.07 Å². The second-order valence-electron chi connectivity index (χ2n) is 22.8. The van der Waals surface area contributed by atoms with Crippen molar-refractivity contribution in [2.45, 2.75) is 113 Å². The minimum atomic E-state index is -5.85. The third kappa shape index (κ3) is 8.58. The van der Waals surface area contributed by atoms with E-state index < -0.39 is 92.6 Å². The van der Waals surface area contributed by atoms with E-state index in [1.807, 2.05) is 61.5 Å². The van der Waals surface area contributed by atoms with Crippen molar-refractivity contribution in [1.29, 1.82) is 0 Å². The molecule has 8 aliphatic rings. The van der Waals surface area contributed by atoms with Crippen LogP contribution in [0.3, 0.4) is 0 Å². The van der Waals surface area contributed by atoms with E-state index >= 15 is 0 Å². The van der Waals surface area contributed by atoms with Crippen LogP contribution in [0.25, 0.3) is 25.1 Å². The third-order valence-corrected chi connectivity index (χ3v) is 21.8. The number of carbonyl (C=O) groups excluding carboxylic acids is 5. The van der Waals surface area contributed by atoms with Crippen LogP contribution >= 0.6 is 10.5 Å². The Hall–Kier alpha value is -5.46. The van der Waals surface area contributed by atoms with Gasteiger partial charge in [0.2, 0.25) is 0 Å². The Kier molecular flexibility index (Phi) is 12.6. The van der Waals surface area contributed by atoms with Crippen LogP contribution < -0.4 is 4.74 Å². The molecule has 394 valence electrons. The van der Waals surface area contributed by atoms with Gasteiger partial charge in [0, 0.05) is 68.8 Å². The average molecular weight is 1060 g/mol. The molecule has 74 heavy (non-hydrogen) atoms. The maximum Gasteiger partial charge on any atom is 0.402 e. The zero-order valence-electron chi connectivity index (χ0n) is 41.6. The molecule has 6 atom stereocenters.